The molecule has 0 saturated carbocycles. The van der Waals surface area contributed by atoms with E-state index in [1.54, 1.807) is 23.1 Å². The lowest BCUT2D eigenvalue weighted by Crippen LogP contribution is -2.48. The maximum atomic E-state index is 12.8. The third kappa shape index (κ3) is 4.95. The Morgan fingerprint density at radius 1 is 1.16 bits per heavy atom. The Hall–Kier alpha value is -2.75. The molecule has 3 heterocycles. The van der Waals surface area contributed by atoms with Crippen molar-refractivity contribution in [1.82, 2.24) is 5.32 Å². The minimum absolute atomic E-state index is 0.00654. The molecule has 9 heteroatoms. The van der Waals surface area contributed by atoms with Crippen LogP contribution in [-0.4, -0.2) is 54.7 Å². The van der Waals surface area contributed by atoms with Gasteiger partial charge in [-0.15, -0.1) is 11.3 Å². The third-order valence-corrected chi connectivity index (χ3v) is 6.50. The molecular formula is C22H25N3O5S. The molecule has 0 aliphatic carbocycles. The predicted molar refractivity (Wildman–Crippen MR) is 117 cm³/mol. The first-order valence-electron chi connectivity index (χ1n) is 10.3. The highest BCUT2D eigenvalue weighted by Crippen LogP contribution is 2.31. The normalized spacial score (nSPS) is 17.5. The number of rotatable bonds is 4. The number of hydrogen-bond acceptors (Lipinski definition) is 6. The molecule has 8 nitrogen and oxygen atoms in total. The molecule has 2 aromatic rings. The molecule has 2 aliphatic rings. The molecule has 3 amide bonds. The number of benzene rings is 1. The van der Waals surface area contributed by atoms with Crippen LogP contribution in [-0.2, 0) is 20.7 Å². The fourth-order valence-corrected chi connectivity index (χ4v) is 4.53. The molecule has 2 aliphatic heterocycles. The monoisotopic (exact) mass is 443 g/mol. The molecule has 0 spiro atoms. The van der Waals surface area contributed by atoms with Crippen LogP contribution in [0.3, 0.4) is 0 Å². The van der Waals surface area contributed by atoms with Crippen molar-refractivity contribution in [3.05, 3.63) is 46.2 Å². The number of aliphatic hydroxyl groups is 1. The van der Waals surface area contributed by atoms with Crippen LogP contribution >= 0.6 is 11.3 Å². The summed E-state index contributed by atoms with van der Waals surface area (Å²) in [5.41, 5.74) is 1.23. The van der Waals surface area contributed by atoms with E-state index in [0.29, 0.717) is 43.2 Å². The largest absolute Gasteiger partial charge is 0.388 e. The molecule has 0 unspecified atom stereocenters. The number of aryl methyl sites for hydroxylation is 1. The van der Waals surface area contributed by atoms with Gasteiger partial charge in [0.2, 0.25) is 0 Å². The number of carbonyl (C=O) groups is 3. The van der Waals surface area contributed by atoms with Crippen LogP contribution < -0.4 is 15.5 Å². The van der Waals surface area contributed by atoms with E-state index in [1.807, 2.05) is 17.5 Å². The Morgan fingerprint density at radius 2 is 1.97 bits per heavy atom. The highest BCUT2D eigenvalue weighted by molar-refractivity contribution is 7.12. The molecule has 4 rings (SSSR count). The van der Waals surface area contributed by atoms with Gasteiger partial charge in [-0.2, -0.15) is 0 Å². The van der Waals surface area contributed by atoms with E-state index in [-0.39, 0.29) is 12.5 Å². The summed E-state index contributed by atoms with van der Waals surface area (Å²) in [4.78, 5) is 39.7. The number of hydrogen-bond donors (Lipinski definition) is 3. The number of ether oxygens (including phenoxy) is 1. The van der Waals surface area contributed by atoms with Crippen molar-refractivity contribution in [2.45, 2.75) is 31.3 Å². The predicted octanol–water partition coefficient (Wildman–Crippen LogP) is 1.94. The van der Waals surface area contributed by atoms with Crippen LogP contribution in [0, 0.1) is 0 Å². The molecule has 1 aromatic heterocycles. The van der Waals surface area contributed by atoms with E-state index < -0.39 is 17.4 Å². The number of amides is 3. The second kappa shape index (κ2) is 9.17. The Labute approximate surface area is 184 Å². The first-order chi connectivity index (χ1) is 15.0. The Morgan fingerprint density at radius 3 is 2.71 bits per heavy atom. The van der Waals surface area contributed by atoms with Gasteiger partial charge in [0.1, 0.15) is 0 Å². The molecule has 31 heavy (non-hydrogen) atoms. The van der Waals surface area contributed by atoms with Crippen molar-refractivity contribution in [1.29, 1.82) is 0 Å². The summed E-state index contributed by atoms with van der Waals surface area (Å²) in [5.74, 6) is -1.62. The van der Waals surface area contributed by atoms with Gasteiger partial charge in [0.15, 0.2) is 0 Å². The van der Waals surface area contributed by atoms with Gasteiger partial charge in [0.25, 0.3) is 5.91 Å². The van der Waals surface area contributed by atoms with Crippen molar-refractivity contribution < 1.29 is 24.2 Å². The van der Waals surface area contributed by atoms with E-state index >= 15 is 0 Å². The Kier molecular flexibility index (Phi) is 6.35. The summed E-state index contributed by atoms with van der Waals surface area (Å²) in [6.45, 7) is 1.51. The Balaban J connectivity index is 1.39. The highest BCUT2D eigenvalue weighted by Gasteiger charge is 2.31. The molecule has 1 saturated heterocycles. The summed E-state index contributed by atoms with van der Waals surface area (Å²) >= 11 is 1.41. The molecule has 164 valence electrons. The lowest BCUT2D eigenvalue weighted by Gasteiger charge is -2.31. The SMILES string of the molecule is O=C(NCC1(O)CCOCC1)C(=O)Nc1ccc2c(c1)CCCN2C(=O)c1cccs1. The summed E-state index contributed by atoms with van der Waals surface area (Å²) in [6, 6.07) is 8.97. The summed E-state index contributed by atoms with van der Waals surface area (Å²) in [6.07, 6.45) is 2.44. The van der Waals surface area contributed by atoms with Crippen molar-refractivity contribution in [2.75, 3.05) is 36.5 Å². The zero-order chi connectivity index (χ0) is 21.8. The molecular weight excluding hydrogens is 418 g/mol. The first-order valence-corrected chi connectivity index (χ1v) is 11.2. The van der Waals surface area contributed by atoms with E-state index in [2.05, 4.69) is 10.6 Å². The van der Waals surface area contributed by atoms with E-state index in [1.165, 1.54) is 11.3 Å². The van der Waals surface area contributed by atoms with Crippen LogP contribution in [0.1, 0.15) is 34.5 Å². The molecule has 3 N–H and O–H groups in total. The van der Waals surface area contributed by atoms with Gasteiger partial charge in [0.05, 0.1) is 10.5 Å². The number of nitrogens with one attached hydrogen (secondary N) is 2. The minimum atomic E-state index is -1.04. The first kappa shape index (κ1) is 21.5. The zero-order valence-electron chi connectivity index (χ0n) is 17.1. The van der Waals surface area contributed by atoms with Gasteiger partial charge < -0.3 is 25.4 Å². The summed E-state index contributed by atoms with van der Waals surface area (Å²) < 4.78 is 5.21. The van der Waals surface area contributed by atoms with Crippen LogP contribution in [0.5, 0.6) is 0 Å². The number of thiophene rings is 1. The van der Waals surface area contributed by atoms with Gasteiger partial charge >= 0.3 is 11.8 Å². The summed E-state index contributed by atoms with van der Waals surface area (Å²) in [7, 11) is 0. The lowest BCUT2D eigenvalue weighted by molar-refractivity contribution is -0.137. The van der Waals surface area contributed by atoms with Gasteiger partial charge in [-0.3, -0.25) is 14.4 Å². The van der Waals surface area contributed by atoms with Crippen LogP contribution in [0.25, 0.3) is 0 Å². The molecule has 1 aromatic carbocycles. The fraction of sp³-hybridized carbons (Fsp3) is 0.409. The quantitative estimate of drug-likeness (QED) is 0.626. The maximum Gasteiger partial charge on any atom is 0.313 e. The second-order valence-corrected chi connectivity index (χ2v) is 8.80. The van der Waals surface area contributed by atoms with Crippen molar-refractivity contribution in [3.8, 4) is 0 Å². The number of carbonyl (C=O) groups excluding carboxylic acids is 3. The van der Waals surface area contributed by atoms with E-state index in [0.717, 1.165) is 24.1 Å². The van der Waals surface area contributed by atoms with Crippen LogP contribution in [0.2, 0.25) is 0 Å². The smallest absolute Gasteiger partial charge is 0.313 e. The minimum Gasteiger partial charge on any atom is -0.388 e. The summed E-state index contributed by atoms with van der Waals surface area (Å²) in [5, 5.41) is 17.4. The van der Waals surface area contributed by atoms with Gasteiger partial charge in [-0.1, -0.05) is 6.07 Å². The van der Waals surface area contributed by atoms with E-state index in [4.69, 9.17) is 4.74 Å². The molecule has 1 fully saturated rings. The van der Waals surface area contributed by atoms with Gasteiger partial charge in [-0.05, 0) is 48.1 Å². The average molecular weight is 444 g/mol. The average Bonchev–Trinajstić information content (AvgIpc) is 3.32. The number of nitrogens with zero attached hydrogens (tertiary/aromatic N) is 1. The topological polar surface area (TPSA) is 108 Å². The molecule has 0 atom stereocenters. The lowest BCUT2D eigenvalue weighted by atomic mass is 9.94. The fourth-order valence-electron chi connectivity index (χ4n) is 3.86. The van der Waals surface area contributed by atoms with Crippen LogP contribution in [0.4, 0.5) is 11.4 Å². The van der Waals surface area contributed by atoms with Crippen molar-refractivity contribution in [3.63, 3.8) is 0 Å². The van der Waals surface area contributed by atoms with Crippen molar-refractivity contribution >= 4 is 40.4 Å². The Bertz CT molecular complexity index is 970. The standard InChI is InChI=1S/C22H25N3O5S/c26-19(23-14-22(29)7-10-30-11-8-22)20(27)24-16-5-6-17-15(13-16)3-1-9-25(17)21(28)18-4-2-12-31-18/h2,4-6,12-13,29H,1,3,7-11,14H2,(H,23,26)(H,24,27). The third-order valence-electron chi connectivity index (χ3n) is 5.64. The van der Waals surface area contributed by atoms with Crippen molar-refractivity contribution in [2.24, 2.45) is 0 Å². The number of anilines is 2. The number of fused-ring (bicyclic) bond motifs is 1. The van der Waals surface area contributed by atoms with Crippen LogP contribution in [0.15, 0.2) is 35.7 Å². The van der Waals surface area contributed by atoms with E-state index in [9.17, 15) is 19.5 Å². The highest BCUT2D eigenvalue weighted by atomic mass is 32.1. The zero-order valence-corrected chi connectivity index (χ0v) is 17.9. The molecule has 0 bridgehead atoms. The molecule has 0 radical (unpaired) electrons. The second-order valence-electron chi connectivity index (χ2n) is 7.85. The van der Waals surface area contributed by atoms with Gasteiger partial charge in [-0.25, -0.2) is 0 Å². The van der Waals surface area contributed by atoms with Gasteiger partial charge in [0, 0.05) is 50.5 Å². The maximum absolute atomic E-state index is 12.8.